The Morgan fingerprint density at radius 1 is 0.806 bits per heavy atom. The van der Waals surface area contributed by atoms with E-state index in [0.717, 1.165) is 17.2 Å². The number of ether oxygens (including phenoxy) is 4. The molecule has 0 unspecified atom stereocenters. The fraction of sp³-hybridized carbons (Fsp3) is 0.192. The molecule has 0 radical (unpaired) electrons. The molecule has 4 rings (SSSR count). The van der Waals surface area contributed by atoms with Crippen molar-refractivity contribution in [3.05, 3.63) is 71.7 Å². The molecule has 1 heterocycles. The van der Waals surface area contributed by atoms with Gasteiger partial charge in [-0.3, -0.25) is 9.71 Å². The van der Waals surface area contributed by atoms with Gasteiger partial charge >= 0.3 is 0 Å². The van der Waals surface area contributed by atoms with Crippen molar-refractivity contribution < 1.29 is 31.8 Å². The molecule has 0 saturated heterocycles. The zero-order valence-corrected chi connectivity index (χ0v) is 21.2. The molecule has 10 heteroatoms. The summed E-state index contributed by atoms with van der Waals surface area (Å²) >= 11 is 0. The van der Waals surface area contributed by atoms with Crippen molar-refractivity contribution in [2.45, 2.75) is 18.7 Å². The SMILES string of the molecule is COc1cc2nccc(Oc3ccc(NS(=O)(=O)c4cc(C)c(C)cc4OC)c(F)c3)c2cc1OC. The van der Waals surface area contributed by atoms with Gasteiger partial charge < -0.3 is 18.9 Å². The molecule has 188 valence electrons. The molecule has 0 aliphatic heterocycles. The number of aryl methyl sites for hydroxylation is 2. The van der Waals surface area contributed by atoms with Crippen molar-refractivity contribution >= 4 is 26.6 Å². The van der Waals surface area contributed by atoms with Crippen LogP contribution in [-0.2, 0) is 10.0 Å². The van der Waals surface area contributed by atoms with Crippen LogP contribution in [0.2, 0.25) is 0 Å². The fourth-order valence-electron chi connectivity index (χ4n) is 3.64. The highest BCUT2D eigenvalue weighted by molar-refractivity contribution is 7.92. The summed E-state index contributed by atoms with van der Waals surface area (Å²) in [5.41, 5.74) is 2.00. The van der Waals surface area contributed by atoms with Gasteiger partial charge in [-0.2, -0.15) is 0 Å². The normalized spacial score (nSPS) is 11.3. The van der Waals surface area contributed by atoms with Crippen LogP contribution in [0.5, 0.6) is 28.7 Å². The Hall–Kier alpha value is -4.05. The van der Waals surface area contributed by atoms with Crippen molar-refractivity contribution in [3.8, 4) is 28.7 Å². The van der Waals surface area contributed by atoms with Crippen molar-refractivity contribution in [2.24, 2.45) is 0 Å². The molecular formula is C26H25FN2O6S. The third kappa shape index (κ3) is 4.85. The minimum absolute atomic E-state index is 0.0829. The number of hydrogen-bond acceptors (Lipinski definition) is 7. The van der Waals surface area contributed by atoms with E-state index in [4.69, 9.17) is 18.9 Å². The van der Waals surface area contributed by atoms with Gasteiger partial charge in [0.25, 0.3) is 10.0 Å². The lowest BCUT2D eigenvalue weighted by atomic mass is 10.1. The van der Waals surface area contributed by atoms with Gasteiger partial charge in [0, 0.05) is 23.7 Å². The quantitative estimate of drug-likeness (QED) is 0.328. The highest BCUT2D eigenvalue weighted by Gasteiger charge is 2.22. The number of nitrogens with zero attached hydrogens (tertiary/aromatic N) is 1. The van der Waals surface area contributed by atoms with Crippen LogP contribution < -0.4 is 23.7 Å². The lowest BCUT2D eigenvalue weighted by molar-refractivity contribution is 0.355. The monoisotopic (exact) mass is 512 g/mol. The van der Waals surface area contributed by atoms with E-state index in [9.17, 15) is 12.8 Å². The number of rotatable bonds is 8. The molecule has 36 heavy (non-hydrogen) atoms. The Kier molecular flexibility index (Phi) is 6.89. The Labute approximate surface area is 208 Å². The second kappa shape index (κ2) is 9.90. The van der Waals surface area contributed by atoms with Crippen LogP contribution in [0, 0.1) is 19.7 Å². The first-order chi connectivity index (χ1) is 17.2. The first kappa shape index (κ1) is 25.1. The Morgan fingerprint density at radius 3 is 2.14 bits per heavy atom. The zero-order valence-electron chi connectivity index (χ0n) is 20.4. The number of aromatic nitrogens is 1. The van der Waals surface area contributed by atoms with Crippen molar-refractivity contribution in [1.29, 1.82) is 0 Å². The van der Waals surface area contributed by atoms with E-state index in [1.54, 1.807) is 37.4 Å². The van der Waals surface area contributed by atoms with Gasteiger partial charge in [-0.25, -0.2) is 12.8 Å². The van der Waals surface area contributed by atoms with Gasteiger partial charge in [-0.1, -0.05) is 0 Å². The van der Waals surface area contributed by atoms with E-state index in [1.807, 2.05) is 6.92 Å². The van der Waals surface area contributed by atoms with E-state index in [2.05, 4.69) is 9.71 Å². The lowest BCUT2D eigenvalue weighted by Gasteiger charge is -2.15. The summed E-state index contributed by atoms with van der Waals surface area (Å²) in [6, 6.07) is 12.0. The first-order valence-electron chi connectivity index (χ1n) is 10.8. The van der Waals surface area contributed by atoms with Crippen LogP contribution in [0.15, 0.2) is 59.6 Å². The minimum atomic E-state index is -4.12. The lowest BCUT2D eigenvalue weighted by Crippen LogP contribution is -2.15. The van der Waals surface area contributed by atoms with Crippen LogP contribution in [0.3, 0.4) is 0 Å². The maximum absolute atomic E-state index is 15.0. The molecule has 0 amide bonds. The molecular weight excluding hydrogens is 487 g/mol. The summed E-state index contributed by atoms with van der Waals surface area (Å²) in [5.74, 6) is 0.937. The van der Waals surface area contributed by atoms with E-state index in [0.29, 0.717) is 28.2 Å². The number of methoxy groups -OCH3 is 3. The van der Waals surface area contributed by atoms with Crippen molar-refractivity contribution in [3.63, 3.8) is 0 Å². The molecule has 4 aromatic rings. The molecule has 8 nitrogen and oxygen atoms in total. The van der Waals surface area contributed by atoms with Gasteiger partial charge in [-0.05, 0) is 61.4 Å². The van der Waals surface area contributed by atoms with Gasteiger partial charge in [-0.15, -0.1) is 0 Å². The average molecular weight is 513 g/mol. The maximum atomic E-state index is 15.0. The molecule has 0 atom stereocenters. The van der Waals surface area contributed by atoms with Crippen LogP contribution in [0.25, 0.3) is 10.9 Å². The molecule has 0 fully saturated rings. The molecule has 1 N–H and O–H groups in total. The van der Waals surface area contributed by atoms with Crippen molar-refractivity contribution in [2.75, 3.05) is 26.1 Å². The summed E-state index contributed by atoms with van der Waals surface area (Å²) in [4.78, 5) is 4.23. The molecule has 0 spiro atoms. The third-order valence-electron chi connectivity index (χ3n) is 5.69. The van der Waals surface area contributed by atoms with E-state index in [-0.39, 0.29) is 22.1 Å². The smallest absolute Gasteiger partial charge is 0.265 e. The zero-order chi connectivity index (χ0) is 26.0. The Bertz CT molecular complexity index is 1560. The van der Waals surface area contributed by atoms with E-state index >= 15 is 0 Å². The predicted molar refractivity (Wildman–Crippen MR) is 135 cm³/mol. The van der Waals surface area contributed by atoms with Gasteiger partial charge in [0.15, 0.2) is 17.3 Å². The largest absolute Gasteiger partial charge is 0.495 e. The Morgan fingerprint density at radius 2 is 1.47 bits per heavy atom. The molecule has 0 saturated carbocycles. The number of hydrogen-bond donors (Lipinski definition) is 1. The summed E-state index contributed by atoms with van der Waals surface area (Å²) in [5, 5.41) is 0.627. The number of benzene rings is 3. The highest BCUT2D eigenvalue weighted by atomic mass is 32.2. The number of fused-ring (bicyclic) bond motifs is 1. The third-order valence-corrected chi connectivity index (χ3v) is 7.08. The highest BCUT2D eigenvalue weighted by Crippen LogP contribution is 2.37. The Balaban J connectivity index is 1.64. The van der Waals surface area contributed by atoms with Gasteiger partial charge in [0.2, 0.25) is 0 Å². The standard InChI is InChI=1S/C26H25FN2O6S/c1-15-10-25(34-5)26(11-16(15)2)36(30,31)29-20-7-6-17(12-19(20)27)35-22-8-9-28-21-14-24(33-4)23(32-3)13-18(21)22/h6-14,29H,1-5H3. The second-order valence-electron chi connectivity index (χ2n) is 7.97. The van der Waals surface area contributed by atoms with Crippen molar-refractivity contribution in [1.82, 2.24) is 4.98 Å². The second-order valence-corrected chi connectivity index (χ2v) is 9.62. The molecule has 0 aliphatic rings. The number of sulfonamides is 1. The van der Waals surface area contributed by atoms with Crippen LogP contribution >= 0.6 is 0 Å². The molecule has 0 bridgehead atoms. The van der Waals surface area contributed by atoms with Crippen LogP contribution in [0.1, 0.15) is 11.1 Å². The summed E-state index contributed by atoms with van der Waals surface area (Å²) in [6.07, 6.45) is 1.55. The van der Waals surface area contributed by atoms with Gasteiger partial charge in [0.05, 0.1) is 32.5 Å². The summed E-state index contributed by atoms with van der Waals surface area (Å²) < 4.78 is 65.1. The van der Waals surface area contributed by atoms with Gasteiger partial charge in [0.1, 0.15) is 22.1 Å². The summed E-state index contributed by atoms with van der Waals surface area (Å²) in [7, 11) is 0.300. The number of nitrogens with one attached hydrogen (secondary N) is 1. The molecule has 0 aliphatic carbocycles. The number of anilines is 1. The minimum Gasteiger partial charge on any atom is -0.495 e. The average Bonchev–Trinajstić information content (AvgIpc) is 2.86. The van der Waals surface area contributed by atoms with E-state index < -0.39 is 15.8 Å². The molecule has 1 aromatic heterocycles. The summed E-state index contributed by atoms with van der Waals surface area (Å²) in [6.45, 7) is 3.63. The van der Waals surface area contributed by atoms with Crippen LogP contribution in [0.4, 0.5) is 10.1 Å². The number of halogens is 1. The van der Waals surface area contributed by atoms with Crippen LogP contribution in [-0.4, -0.2) is 34.7 Å². The first-order valence-corrected chi connectivity index (χ1v) is 12.3. The topological polar surface area (TPSA) is 96.0 Å². The predicted octanol–water partition coefficient (Wildman–Crippen LogP) is 5.61. The van der Waals surface area contributed by atoms with E-state index in [1.165, 1.54) is 39.5 Å². The molecule has 3 aromatic carbocycles. The fourth-order valence-corrected chi connectivity index (χ4v) is 4.94. The number of pyridine rings is 1. The maximum Gasteiger partial charge on any atom is 0.265 e.